The molecule has 0 fully saturated rings. The minimum Gasteiger partial charge on any atom is -0.192 e. The number of benzene rings is 3. The number of nitrogens with zero attached hydrogens (tertiary/aromatic N) is 1. The van der Waals surface area contributed by atoms with Gasteiger partial charge < -0.3 is 0 Å². The molecule has 0 amide bonds. The van der Waals surface area contributed by atoms with Crippen molar-refractivity contribution >= 4 is 10.8 Å². The fraction of sp³-hybridized carbons (Fsp3) is 0.190. The summed E-state index contributed by atoms with van der Waals surface area (Å²) in [6.45, 7) is 8.46. The zero-order valence-electron chi connectivity index (χ0n) is 13.5. The lowest BCUT2D eigenvalue weighted by molar-refractivity contribution is 1.34. The molecule has 0 radical (unpaired) electrons. The van der Waals surface area contributed by atoms with Crippen molar-refractivity contribution in [3.63, 3.8) is 0 Å². The van der Waals surface area contributed by atoms with Gasteiger partial charge in [0, 0.05) is 5.56 Å². The van der Waals surface area contributed by atoms with E-state index in [0.29, 0.717) is 0 Å². The first-order valence-corrected chi connectivity index (χ1v) is 7.52. The Kier molecular flexibility index (Phi) is 3.47. The molecule has 0 bridgehead atoms. The molecule has 22 heavy (non-hydrogen) atoms. The van der Waals surface area contributed by atoms with Crippen LogP contribution in [0.3, 0.4) is 0 Å². The minimum absolute atomic E-state index is 0.735. The van der Waals surface area contributed by atoms with Crippen molar-refractivity contribution in [2.24, 2.45) is 0 Å². The molecule has 0 aliphatic heterocycles. The molecule has 0 aliphatic rings. The van der Waals surface area contributed by atoms with Crippen molar-refractivity contribution in [2.75, 3.05) is 0 Å². The maximum Gasteiger partial charge on any atom is 0.0998 e. The summed E-state index contributed by atoms with van der Waals surface area (Å²) >= 11 is 0. The monoisotopic (exact) mass is 285 g/mol. The Balaban J connectivity index is 2.30. The topological polar surface area (TPSA) is 23.8 Å². The molecule has 3 rings (SSSR count). The number of rotatable bonds is 1. The molecule has 1 heteroatoms. The summed E-state index contributed by atoms with van der Waals surface area (Å²) in [5.41, 5.74) is 7.93. The molecule has 108 valence electrons. The van der Waals surface area contributed by atoms with E-state index in [1.807, 2.05) is 6.07 Å². The Bertz CT molecular complexity index is 927. The Labute approximate surface area is 131 Å². The fourth-order valence-electron chi connectivity index (χ4n) is 2.82. The lowest BCUT2D eigenvalue weighted by Gasteiger charge is -2.11. The third-order valence-corrected chi connectivity index (χ3v) is 4.53. The molecule has 0 atom stereocenters. The van der Waals surface area contributed by atoms with Crippen molar-refractivity contribution in [1.82, 2.24) is 0 Å². The third-order valence-electron chi connectivity index (χ3n) is 4.53. The van der Waals surface area contributed by atoms with Crippen molar-refractivity contribution in [1.29, 1.82) is 5.26 Å². The lowest BCUT2D eigenvalue weighted by atomic mass is 9.92. The first-order valence-electron chi connectivity index (χ1n) is 7.52. The highest BCUT2D eigenvalue weighted by atomic mass is 14.3. The van der Waals surface area contributed by atoms with Crippen LogP contribution in [0.25, 0.3) is 21.9 Å². The van der Waals surface area contributed by atoms with E-state index in [1.54, 1.807) is 0 Å². The molecule has 0 saturated carbocycles. The third kappa shape index (κ3) is 2.38. The van der Waals surface area contributed by atoms with Gasteiger partial charge in [-0.3, -0.25) is 0 Å². The van der Waals surface area contributed by atoms with Crippen molar-refractivity contribution < 1.29 is 0 Å². The van der Waals surface area contributed by atoms with Gasteiger partial charge in [0.15, 0.2) is 0 Å². The summed E-state index contributed by atoms with van der Waals surface area (Å²) in [5, 5.41) is 11.9. The quantitative estimate of drug-likeness (QED) is 0.570. The molecule has 0 unspecified atom stereocenters. The number of hydrogen-bond acceptors (Lipinski definition) is 1. The average Bonchev–Trinajstić information content (AvgIpc) is 2.50. The number of hydrogen-bond donors (Lipinski definition) is 0. The van der Waals surface area contributed by atoms with Crippen molar-refractivity contribution in [3.8, 4) is 17.2 Å². The SMILES string of the molecule is Cc1ccc(-c2cc3cc(C)c(C)cc3cc2C#N)cc1C. The highest BCUT2D eigenvalue weighted by molar-refractivity contribution is 5.91. The van der Waals surface area contributed by atoms with Crippen LogP contribution in [0.1, 0.15) is 27.8 Å². The van der Waals surface area contributed by atoms with Crippen LogP contribution in [0.2, 0.25) is 0 Å². The smallest absolute Gasteiger partial charge is 0.0998 e. The maximum absolute atomic E-state index is 9.54. The summed E-state index contributed by atoms with van der Waals surface area (Å²) in [6.07, 6.45) is 0. The van der Waals surface area contributed by atoms with Crippen LogP contribution in [0, 0.1) is 39.0 Å². The van der Waals surface area contributed by atoms with Crippen LogP contribution in [0.15, 0.2) is 42.5 Å². The predicted octanol–water partition coefficient (Wildman–Crippen LogP) is 5.61. The normalized spacial score (nSPS) is 10.7. The standard InChI is InChI=1S/C21H19N/c1-13-5-6-17(7-14(13)2)21-11-19-9-16(4)15(3)8-18(19)10-20(21)12-22/h5-11H,1-4H3. The van der Waals surface area contributed by atoms with Gasteiger partial charge in [-0.15, -0.1) is 0 Å². The molecule has 0 saturated heterocycles. The van der Waals surface area contributed by atoms with Crippen LogP contribution < -0.4 is 0 Å². The number of aryl methyl sites for hydroxylation is 4. The zero-order chi connectivity index (χ0) is 15.9. The van der Waals surface area contributed by atoms with Gasteiger partial charge in [0.05, 0.1) is 11.6 Å². The Morgan fingerprint density at radius 1 is 0.682 bits per heavy atom. The number of fused-ring (bicyclic) bond motifs is 1. The molecule has 0 spiro atoms. The molecule has 0 heterocycles. The maximum atomic E-state index is 9.54. The molecule has 1 nitrogen and oxygen atoms in total. The van der Waals surface area contributed by atoms with Crippen molar-refractivity contribution in [2.45, 2.75) is 27.7 Å². The van der Waals surface area contributed by atoms with Crippen LogP contribution in [0.4, 0.5) is 0 Å². The van der Waals surface area contributed by atoms with Crippen molar-refractivity contribution in [3.05, 3.63) is 70.3 Å². The zero-order valence-corrected chi connectivity index (χ0v) is 13.5. The van der Waals surface area contributed by atoms with Crippen LogP contribution in [0.5, 0.6) is 0 Å². The second-order valence-corrected chi connectivity index (χ2v) is 6.09. The van der Waals surface area contributed by atoms with Gasteiger partial charge in [-0.25, -0.2) is 0 Å². The molecule has 0 aromatic heterocycles. The summed E-state index contributed by atoms with van der Waals surface area (Å²) in [6, 6.07) is 17.3. The summed E-state index contributed by atoms with van der Waals surface area (Å²) in [5.74, 6) is 0. The van der Waals surface area contributed by atoms with E-state index in [-0.39, 0.29) is 0 Å². The van der Waals surface area contributed by atoms with Gasteiger partial charge in [0.25, 0.3) is 0 Å². The van der Waals surface area contributed by atoms with Crippen LogP contribution in [-0.4, -0.2) is 0 Å². The Morgan fingerprint density at radius 2 is 1.27 bits per heavy atom. The average molecular weight is 285 g/mol. The Morgan fingerprint density at radius 3 is 1.86 bits per heavy atom. The van der Waals surface area contributed by atoms with Gasteiger partial charge in [0.1, 0.15) is 0 Å². The van der Waals surface area contributed by atoms with Crippen LogP contribution in [-0.2, 0) is 0 Å². The van der Waals surface area contributed by atoms with E-state index in [9.17, 15) is 5.26 Å². The fourth-order valence-corrected chi connectivity index (χ4v) is 2.82. The van der Waals surface area contributed by atoms with Gasteiger partial charge >= 0.3 is 0 Å². The molecular formula is C21H19N. The number of nitriles is 1. The second kappa shape index (κ2) is 5.31. The minimum atomic E-state index is 0.735. The molecule has 0 N–H and O–H groups in total. The summed E-state index contributed by atoms with van der Waals surface area (Å²) < 4.78 is 0. The van der Waals surface area contributed by atoms with E-state index in [4.69, 9.17) is 0 Å². The van der Waals surface area contributed by atoms with E-state index >= 15 is 0 Å². The first kappa shape index (κ1) is 14.4. The van der Waals surface area contributed by atoms with E-state index in [2.05, 4.69) is 70.2 Å². The Hall–Kier alpha value is -2.59. The first-order chi connectivity index (χ1) is 10.5. The van der Waals surface area contributed by atoms with E-state index in [1.165, 1.54) is 27.6 Å². The van der Waals surface area contributed by atoms with E-state index < -0.39 is 0 Å². The largest absolute Gasteiger partial charge is 0.192 e. The molecule has 3 aromatic rings. The van der Waals surface area contributed by atoms with Crippen LogP contribution >= 0.6 is 0 Å². The molecule has 0 aliphatic carbocycles. The molecule has 3 aromatic carbocycles. The highest BCUT2D eigenvalue weighted by Crippen LogP contribution is 2.31. The van der Waals surface area contributed by atoms with Gasteiger partial charge in [-0.05, 0) is 78.4 Å². The van der Waals surface area contributed by atoms with Gasteiger partial charge in [-0.2, -0.15) is 5.26 Å². The lowest BCUT2D eigenvalue weighted by Crippen LogP contribution is -1.90. The van der Waals surface area contributed by atoms with E-state index in [0.717, 1.165) is 22.1 Å². The summed E-state index contributed by atoms with van der Waals surface area (Å²) in [7, 11) is 0. The second-order valence-electron chi connectivity index (χ2n) is 6.09. The summed E-state index contributed by atoms with van der Waals surface area (Å²) in [4.78, 5) is 0. The van der Waals surface area contributed by atoms with Gasteiger partial charge in [0.2, 0.25) is 0 Å². The van der Waals surface area contributed by atoms with Gasteiger partial charge in [-0.1, -0.05) is 30.3 Å². The predicted molar refractivity (Wildman–Crippen MR) is 93.0 cm³/mol. The highest BCUT2D eigenvalue weighted by Gasteiger charge is 2.09. The molecular weight excluding hydrogens is 266 g/mol.